The number of nitrogens with two attached hydrogens (primary N) is 1. The van der Waals surface area contributed by atoms with Crippen LogP contribution in [0.4, 0.5) is 10.1 Å². The second kappa shape index (κ2) is 6.35. The third-order valence-corrected chi connectivity index (χ3v) is 3.28. The molecular formula is C16H19FN4. The van der Waals surface area contributed by atoms with Crippen molar-refractivity contribution < 1.29 is 4.39 Å². The van der Waals surface area contributed by atoms with Gasteiger partial charge in [0.05, 0.1) is 17.9 Å². The zero-order valence-corrected chi connectivity index (χ0v) is 12.2. The summed E-state index contributed by atoms with van der Waals surface area (Å²) >= 11 is 0. The molecule has 21 heavy (non-hydrogen) atoms. The smallest absolute Gasteiger partial charge is 0.147 e. The van der Waals surface area contributed by atoms with Crippen LogP contribution in [0.25, 0.3) is 0 Å². The van der Waals surface area contributed by atoms with Crippen molar-refractivity contribution in [2.75, 3.05) is 11.4 Å². The number of pyridine rings is 1. The molecule has 0 aliphatic carbocycles. The van der Waals surface area contributed by atoms with Gasteiger partial charge in [-0.3, -0.25) is 10.4 Å². The van der Waals surface area contributed by atoms with Gasteiger partial charge in [-0.05, 0) is 44.2 Å². The van der Waals surface area contributed by atoms with Gasteiger partial charge in [0, 0.05) is 17.8 Å². The van der Waals surface area contributed by atoms with Gasteiger partial charge in [-0.1, -0.05) is 6.07 Å². The molecule has 0 spiro atoms. The van der Waals surface area contributed by atoms with Crippen LogP contribution in [0.15, 0.2) is 36.4 Å². The molecule has 0 saturated carbocycles. The van der Waals surface area contributed by atoms with Crippen molar-refractivity contribution >= 4 is 11.5 Å². The molecule has 0 aliphatic rings. The van der Waals surface area contributed by atoms with Crippen molar-refractivity contribution in [1.82, 2.24) is 4.98 Å². The predicted molar refractivity (Wildman–Crippen MR) is 83.1 cm³/mol. The van der Waals surface area contributed by atoms with Gasteiger partial charge in [0.2, 0.25) is 0 Å². The molecule has 0 aliphatic heterocycles. The maximum absolute atomic E-state index is 14.2. The topological polar surface area (TPSA) is 66.0 Å². The van der Waals surface area contributed by atoms with Gasteiger partial charge < -0.3 is 10.6 Å². The van der Waals surface area contributed by atoms with Crippen LogP contribution < -0.4 is 10.6 Å². The minimum Gasteiger partial charge on any atom is -0.384 e. The summed E-state index contributed by atoms with van der Waals surface area (Å²) in [6.45, 7) is 5.09. The normalized spacial score (nSPS) is 10.4. The monoisotopic (exact) mass is 286 g/mol. The molecule has 1 aromatic heterocycles. The Bertz CT molecular complexity index is 654. The van der Waals surface area contributed by atoms with Crippen LogP contribution in [0.1, 0.15) is 23.9 Å². The Morgan fingerprint density at radius 2 is 2.10 bits per heavy atom. The van der Waals surface area contributed by atoms with Crippen LogP contribution in [0, 0.1) is 18.2 Å². The molecule has 2 rings (SSSR count). The fourth-order valence-corrected chi connectivity index (χ4v) is 2.18. The lowest BCUT2D eigenvalue weighted by Gasteiger charge is -2.23. The lowest BCUT2D eigenvalue weighted by Crippen LogP contribution is -2.24. The van der Waals surface area contributed by atoms with Gasteiger partial charge in [-0.15, -0.1) is 0 Å². The highest BCUT2D eigenvalue weighted by atomic mass is 19.1. The van der Waals surface area contributed by atoms with Gasteiger partial charge in [0.1, 0.15) is 11.7 Å². The van der Waals surface area contributed by atoms with E-state index < -0.39 is 0 Å². The fourth-order valence-electron chi connectivity index (χ4n) is 2.18. The number of halogens is 1. The number of anilines is 1. The summed E-state index contributed by atoms with van der Waals surface area (Å²) in [5, 5.41) is 7.35. The van der Waals surface area contributed by atoms with E-state index in [2.05, 4.69) is 4.98 Å². The highest BCUT2D eigenvalue weighted by molar-refractivity contribution is 5.95. The summed E-state index contributed by atoms with van der Waals surface area (Å²) in [6.07, 6.45) is 0. The van der Waals surface area contributed by atoms with Crippen molar-refractivity contribution in [3.05, 3.63) is 59.2 Å². The Hall–Kier alpha value is -2.43. The maximum atomic E-state index is 14.2. The van der Waals surface area contributed by atoms with E-state index in [4.69, 9.17) is 11.1 Å². The third kappa shape index (κ3) is 3.56. The molecule has 1 aromatic carbocycles. The van der Waals surface area contributed by atoms with E-state index >= 15 is 0 Å². The highest BCUT2D eigenvalue weighted by Crippen LogP contribution is 2.22. The molecule has 110 valence electrons. The summed E-state index contributed by atoms with van der Waals surface area (Å²) < 4.78 is 14.2. The Morgan fingerprint density at radius 3 is 2.67 bits per heavy atom. The first kappa shape index (κ1) is 15.0. The van der Waals surface area contributed by atoms with Crippen LogP contribution in [-0.4, -0.2) is 17.4 Å². The Labute approximate surface area is 123 Å². The quantitative estimate of drug-likeness (QED) is 0.656. The van der Waals surface area contributed by atoms with E-state index in [1.54, 1.807) is 12.1 Å². The first-order valence-corrected chi connectivity index (χ1v) is 6.82. The zero-order valence-electron chi connectivity index (χ0n) is 12.2. The number of hydrogen-bond acceptors (Lipinski definition) is 3. The number of aryl methyl sites for hydroxylation is 1. The molecule has 0 unspecified atom stereocenters. The number of amidine groups is 1. The van der Waals surface area contributed by atoms with Gasteiger partial charge in [0.15, 0.2) is 0 Å². The maximum Gasteiger partial charge on any atom is 0.147 e. The molecule has 0 amide bonds. The Balaban J connectivity index is 2.27. The second-order valence-electron chi connectivity index (χ2n) is 4.86. The standard InChI is InChI=1S/C16H19FN4/c1-3-21(10-13-6-4-5-11(2)20-13)15-8-7-12(16(18)19)9-14(15)17/h4-9H,3,10H2,1-2H3,(H3,18,19). The zero-order chi connectivity index (χ0) is 15.4. The molecule has 5 heteroatoms. The molecule has 0 saturated heterocycles. The van der Waals surface area contributed by atoms with Gasteiger partial charge in [0.25, 0.3) is 0 Å². The van der Waals surface area contributed by atoms with Gasteiger partial charge in [-0.25, -0.2) is 4.39 Å². The van der Waals surface area contributed by atoms with E-state index in [0.717, 1.165) is 11.4 Å². The molecule has 0 atom stereocenters. The lowest BCUT2D eigenvalue weighted by molar-refractivity contribution is 0.616. The van der Waals surface area contributed by atoms with Crippen molar-refractivity contribution in [2.45, 2.75) is 20.4 Å². The Morgan fingerprint density at radius 1 is 1.33 bits per heavy atom. The van der Waals surface area contributed by atoms with E-state index in [1.165, 1.54) is 6.07 Å². The number of benzene rings is 1. The summed E-state index contributed by atoms with van der Waals surface area (Å²) in [5.41, 5.74) is 8.09. The number of hydrogen-bond donors (Lipinski definition) is 2. The van der Waals surface area contributed by atoms with Crippen LogP contribution in [0.3, 0.4) is 0 Å². The number of nitrogen functional groups attached to an aromatic ring is 1. The van der Waals surface area contributed by atoms with E-state index in [-0.39, 0.29) is 11.7 Å². The van der Waals surface area contributed by atoms with Crippen LogP contribution in [0.5, 0.6) is 0 Å². The molecule has 2 aromatic rings. The van der Waals surface area contributed by atoms with Crippen LogP contribution in [0.2, 0.25) is 0 Å². The summed E-state index contributed by atoms with van der Waals surface area (Å²) in [4.78, 5) is 6.35. The van der Waals surface area contributed by atoms with Gasteiger partial charge >= 0.3 is 0 Å². The van der Waals surface area contributed by atoms with Crippen LogP contribution in [-0.2, 0) is 6.54 Å². The molecule has 1 heterocycles. The van der Waals surface area contributed by atoms with Gasteiger partial charge in [-0.2, -0.15) is 0 Å². The average Bonchev–Trinajstić information content (AvgIpc) is 2.45. The lowest BCUT2D eigenvalue weighted by atomic mass is 10.1. The largest absolute Gasteiger partial charge is 0.384 e. The number of aromatic nitrogens is 1. The molecule has 3 N–H and O–H groups in total. The second-order valence-corrected chi connectivity index (χ2v) is 4.86. The summed E-state index contributed by atoms with van der Waals surface area (Å²) in [7, 11) is 0. The summed E-state index contributed by atoms with van der Waals surface area (Å²) in [6, 6.07) is 10.4. The molecule has 0 radical (unpaired) electrons. The number of nitrogens with zero attached hydrogens (tertiary/aromatic N) is 2. The highest BCUT2D eigenvalue weighted by Gasteiger charge is 2.12. The number of nitrogens with one attached hydrogen (secondary N) is 1. The van der Waals surface area contributed by atoms with E-state index in [9.17, 15) is 4.39 Å². The fraction of sp³-hybridized carbons (Fsp3) is 0.250. The van der Waals surface area contributed by atoms with E-state index in [0.29, 0.717) is 24.3 Å². The van der Waals surface area contributed by atoms with Crippen molar-refractivity contribution in [2.24, 2.45) is 5.73 Å². The van der Waals surface area contributed by atoms with Crippen molar-refractivity contribution in [1.29, 1.82) is 5.41 Å². The first-order chi connectivity index (χ1) is 10.0. The van der Waals surface area contributed by atoms with E-state index in [1.807, 2.05) is 36.9 Å². The number of rotatable bonds is 5. The molecule has 4 nitrogen and oxygen atoms in total. The van der Waals surface area contributed by atoms with Crippen LogP contribution >= 0.6 is 0 Å². The Kier molecular flexibility index (Phi) is 4.52. The van der Waals surface area contributed by atoms with Crippen molar-refractivity contribution in [3.8, 4) is 0 Å². The average molecular weight is 286 g/mol. The SMILES string of the molecule is CCN(Cc1cccc(C)n1)c1ccc(C(=N)N)cc1F. The predicted octanol–water partition coefficient (Wildman–Crippen LogP) is 2.84. The summed E-state index contributed by atoms with van der Waals surface area (Å²) in [5.74, 6) is -0.513. The minimum absolute atomic E-state index is 0.135. The molecular weight excluding hydrogens is 267 g/mol. The molecule has 0 bridgehead atoms. The van der Waals surface area contributed by atoms with Crippen molar-refractivity contribution in [3.63, 3.8) is 0 Å². The molecule has 0 fully saturated rings. The minimum atomic E-state index is -0.378. The first-order valence-electron chi connectivity index (χ1n) is 6.82. The third-order valence-electron chi connectivity index (χ3n) is 3.28.